The Morgan fingerprint density at radius 1 is 1.04 bits per heavy atom. The number of amides is 1. The lowest BCUT2D eigenvalue weighted by Crippen LogP contribution is -2.48. The zero-order valence-corrected chi connectivity index (χ0v) is 16.0. The summed E-state index contributed by atoms with van der Waals surface area (Å²) in [4.78, 5) is 16.8. The highest BCUT2D eigenvalue weighted by Crippen LogP contribution is 2.22. The third-order valence-electron chi connectivity index (χ3n) is 4.90. The number of halogens is 1. The number of carbonyl (C=O) groups is 1. The van der Waals surface area contributed by atoms with Crippen LogP contribution in [0.3, 0.4) is 0 Å². The van der Waals surface area contributed by atoms with Crippen molar-refractivity contribution >= 4 is 23.2 Å². The molecular weight excluding hydrogens is 346 g/mol. The molecule has 1 saturated heterocycles. The smallest absolute Gasteiger partial charge is 0.224 e. The highest BCUT2D eigenvalue weighted by molar-refractivity contribution is 6.31. The predicted molar refractivity (Wildman–Crippen MR) is 108 cm³/mol. The molecule has 1 fully saturated rings. The molecule has 0 atom stereocenters. The molecule has 1 aliphatic heterocycles. The van der Waals surface area contributed by atoms with Gasteiger partial charge < -0.3 is 10.2 Å². The van der Waals surface area contributed by atoms with Crippen molar-refractivity contribution in [3.8, 4) is 0 Å². The van der Waals surface area contributed by atoms with Crippen LogP contribution in [0.1, 0.15) is 17.5 Å². The summed E-state index contributed by atoms with van der Waals surface area (Å²) in [6.07, 6.45) is 0.505. The summed E-state index contributed by atoms with van der Waals surface area (Å²) in [6, 6.07) is 16.3. The number of hydrogen-bond donors (Lipinski definition) is 1. The Hall–Kier alpha value is -2.04. The lowest BCUT2D eigenvalue weighted by molar-refractivity contribution is -0.132. The van der Waals surface area contributed by atoms with Gasteiger partial charge in [0.1, 0.15) is 0 Å². The maximum Gasteiger partial charge on any atom is 0.224 e. The third kappa shape index (κ3) is 4.99. The fraction of sp³-hybridized carbons (Fsp3) is 0.381. The molecule has 0 spiro atoms. The first-order chi connectivity index (χ1) is 12.6. The molecule has 2 aromatic rings. The lowest BCUT2D eigenvalue weighted by atomic mass is 10.2. The Morgan fingerprint density at radius 2 is 1.77 bits per heavy atom. The number of benzene rings is 2. The SMILES string of the molecule is Cc1c(Cl)cccc1NCCC(=O)N1CCN(Cc2ccccc2)CC1. The Bertz CT molecular complexity index is 727. The van der Waals surface area contributed by atoms with Crippen molar-refractivity contribution in [1.29, 1.82) is 0 Å². The highest BCUT2D eigenvalue weighted by Gasteiger charge is 2.20. The number of piperazine rings is 1. The second-order valence-corrected chi connectivity index (χ2v) is 7.14. The van der Waals surface area contributed by atoms with E-state index in [0.717, 1.165) is 49.0 Å². The van der Waals surface area contributed by atoms with Gasteiger partial charge in [0.05, 0.1) is 0 Å². The molecule has 138 valence electrons. The van der Waals surface area contributed by atoms with Crippen LogP contribution >= 0.6 is 11.6 Å². The standard InChI is InChI=1S/C21H26ClN3O/c1-17-19(22)8-5-9-20(17)23-11-10-21(26)25-14-12-24(13-15-25)16-18-6-3-2-4-7-18/h2-9,23H,10-16H2,1H3. The van der Waals surface area contributed by atoms with Crippen molar-refractivity contribution in [3.05, 3.63) is 64.7 Å². The van der Waals surface area contributed by atoms with Gasteiger partial charge in [-0.15, -0.1) is 0 Å². The van der Waals surface area contributed by atoms with Gasteiger partial charge in [-0.05, 0) is 30.2 Å². The van der Waals surface area contributed by atoms with Gasteiger partial charge in [0.2, 0.25) is 5.91 Å². The zero-order valence-electron chi connectivity index (χ0n) is 15.2. The second-order valence-electron chi connectivity index (χ2n) is 6.73. The van der Waals surface area contributed by atoms with E-state index in [2.05, 4.69) is 34.5 Å². The molecule has 2 aromatic carbocycles. The first-order valence-corrected chi connectivity index (χ1v) is 9.54. The lowest BCUT2D eigenvalue weighted by Gasteiger charge is -2.34. The minimum Gasteiger partial charge on any atom is -0.384 e. The Labute approximate surface area is 160 Å². The van der Waals surface area contributed by atoms with E-state index in [1.54, 1.807) is 0 Å². The van der Waals surface area contributed by atoms with Crippen molar-refractivity contribution in [2.24, 2.45) is 0 Å². The molecule has 0 unspecified atom stereocenters. The van der Waals surface area contributed by atoms with Crippen LogP contribution in [0, 0.1) is 6.92 Å². The topological polar surface area (TPSA) is 35.6 Å². The van der Waals surface area contributed by atoms with Gasteiger partial charge in [-0.1, -0.05) is 48.0 Å². The molecule has 0 radical (unpaired) electrons. The quantitative estimate of drug-likeness (QED) is 0.839. The molecule has 0 bridgehead atoms. The van der Waals surface area contributed by atoms with E-state index < -0.39 is 0 Å². The first-order valence-electron chi connectivity index (χ1n) is 9.16. The summed E-state index contributed by atoms with van der Waals surface area (Å²) in [5.41, 5.74) is 3.35. The molecule has 4 nitrogen and oxygen atoms in total. The van der Waals surface area contributed by atoms with Crippen LogP contribution in [0.15, 0.2) is 48.5 Å². The van der Waals surface area contributed by atoms with Crippen LogP contribution < -0.4 is 5.32 Å². The zero-order chi connectivity index (χ0) is 18.4. The second kappa shape index (κ2) is 9.06. The van der Waals surface area contributed by atoms with E-state index >= 15 is 0 Å². The molecule has 0 saturated carbocycles. The van der Waals surface area contributed by atoms with E-state index in [-0.39, 0.29) is 5.91 Å². The number of hydrogen-bond acceptors (Lipinski definition) is 3. The molecule has 0 aliphatic carbocycles. The monoisotopic (exact) mass is 371 g/mol. The van der Waals surface area contributed by atoms with E-state index in [1.807, 2.05) is 36.1 Å². The Kier molecular flexibility index (Phi) is 6.53. The molecule has 3 rings (SSSR count). The van der Waals surface area contributed by atoms with E-state index in [9.17, 15) is 4.79 Å². The number of nitrogens with one attached hydrogen (secondary N) is 1. The molecule has 1 amide bonds. The van der Waals surface area contributed by atoms with Gasteiger partial charge in [0.15, 0.2) is 0 Å². The van der Waals surface area contributed by atoms with Gasteiger partial charge >= 0.3 is 0 Å². The Morgan fingerprint density at radius 3 is 2.50 bits per heavy atom. The maximum absolute atomic E-state index is 12.4. The van der Waals surface area contributed by atoms with Crippen molar-refractivity contribution in [1.82, 2.24) is 9.80 Å². The normalized spacial score (nSPS) is 15.1. The van der Waals surface area contributed by atoms with Crippen molar-refractivity contribution in [2.45, 2.75) is 19.9 Å². The van der Waals surface area contributed by atoms with Crippen molar-refractivity contribution < 1.29 is 4.79 Å². The summed E-state index contributed by atoms with van der Waals surface area (Å²) < 4.78 is 0. The predicted octanol–water partition coefficient (Wildman–Crippen LogP) is 3.79. The van der Waals surface area contributed by atoms with Crippen LogP contribution in [0.25, 0.3) is 0 Å². The fourth-order valence-corrected chi connectivity index (χ4v) is 3.43. The highest BCUT2D eigenvalue weighted by atomic mass is 35.5. The van der Waals surface area contributed by atoms with Gasteiger partial charge in [0.25, 0.3) is 0 Å². The largest absolute Gasteiger partial charge is 0.384 e. The van der Waals surface area contributed by atoms with Gasteiger partial charge in [-0.3, -0.25) is 9.69 Å². The average Bonchev–Trinajstić information content (AvgIpc) is 2.66. The van der Waals surface area contributed by atoms with Gasteiger partial charge in [-0.25, -0.2) is 0 Å². The number of anilines is 1. The first kappa shape index (κ1) is 18.7. The molecule has 1 N–H and O–H groups in total. The van der Waals surface area contributed by atoms with Crippen LogP contribution in [0.5, 0.6) is 0 Å². The van der Waals surface area contributed by atoms with E-state index in [1.165, 1.54) is 5.56 Å². The van der Waals surface area contributed by atoms with Crippen LogP contribution in [0.4, 0.5) is 5.69 Å². The summed E-state index contributed by atoms with van der Waals surface area (Å²) in [5, 5.41) is 4.07. The summed E-state index contributed by atoms with van der Waals surface area (Å²) >= 11 is 6.13. The summed E-state index contributed by atoms with van der Waals surface area (Å²) in [7, 11) is 0. The molecule has 1 heterocycles. The number of carbonyl (C=O) groups excluding carboxylic acids is 1. The maximum atomic E-state index is 12.4. The van der Waals surface area contributed by atoms with Crippen molar-refractivity contribution in [2.75, 3.05) is 38.0 Å². The van der Waals surface area contributed by atoms with Crippen molar-refractivity contribution in [3.63, 3.8) is 0 Å². The molecule has 1 aliphatic rings. The minimum atomic E-state index is 0.219. The van der Waals surface area contributed by atoms with E-state index in [0.29, 0.717) is 13.0 Å². The van der Waals surface area contributed by atoms with Crippen LogP contribution in [0.2, 0.25) is 5.02 Å². The van der Waals surface area contributed by atoms with Crippen LogP contribution in [-0.4, -0.2) is 48.4 Å². The summed E-state index contributed by atoms with van der Waals surface area (Å²) in [5.74, 6) is 0.219. The molecule has 26 heavy (non-hydrogen) atoms. The minimum absolute atomic E-state index is 0.219. The molecule has 5 heteroatoms. The van der Waals surface area contributed by atoms with Gasteiger partial charge in [-0.2, -0.15) is 0 Å². The molecule has 0 aromatic heterocycles. The average molecular weight is 372 g/mol. The third-order valence-corrected chi connectivity index (χ3v) is 5.31. The van der Waals surface area contributed by atoms with E-state index in [4.69, 9.17) is 11.6 Å². The van der Waals surface area contributed by atoms with Gasteiger partial charge in [0, 0.05) is 56.4 Å². The fourth-order valence-electron chi connectivity index (χ4n) is 3.26. The Balaban J connectivity index is 1.40. The summed E-state index contributed by atoms with van der Waals surface area (Å²) in [6.45, 7) is 7.05. The number of rotatable bonds is 6. The molecular formula is C21H26ClN3O. The van der Waals surface area contributed by atoms with Crippen LogP contribution in [-0.2, 0) is 11.3 Å². The number of nitrogens with zero attached hydrogens (tertiary/aromatic N) is 2.